The van der Waals surface area contributed by atoms with Crippen LogP contribution in [0.1, 0.15) is 145 Å². The highest BCUT2D eigenvalue weighted by atomic mass is 16.5. The highest BCUT2D eigenvalue weighted by Gasteiger charge is 2.55. The molecule has 4 atom stereocenters. The van der Waals surface area contributed by atoms with Crippen molar-refractivity contribution >= 4 is 11.8 Å². The molecular formula is C65H66N2O2. The minimum atomic E-state index is -0.862. The molecule has 6 aromatic rings. The molecule has 10 aliphatic rings. The predicted octanol–water partition coefficient (Wildman–Crippen LogP) is 15.3. The predicted molar refractivity (Wildman–Crippen MR) is 276 cm³/mol. The standard InChI is InChI=1S/C65H66N2O2/c1-5-13-50(14-6-1)58-60(52-17-9-3-10-18-52)68-62(66-58)65(63-67-59(51-15-7-2-8-16-51)61(69-63)53-19-11-4-12-20-53,40-42-21-25-49(26-22-42)57-54-33-44-29-45(35-54)36-55(57)34-44)41-43-23-27-56(28-24-43)64-37-46-30-47(38-64)32-48(31-46)39-64/h1-28,44-48,54-55,57-61H,29-41H2/t44?,45?,46?,47?,48?,54?,55?,57?,58-,59-,60+,61+,64?/m0/s1. The van der Waals surface area contributed by atoms with Gasteiger partial charge in [-0.25, -0.2) is 9.98 Å². The number of ether oxygens (including phenoxy) is 2. The molecule has 4 heteroatoms. The minimum Gasteiger partial charge on any atom is -0.469 e. The minimum absolute atomic E-state index is 0.238. The van der Waals surface area contributed by atoms with Crippen molar-refractivity contribution in [2.45, 2.75) is 119 Å². The van der Waals surface area contributed by atoms with Gasteiger partial charge in [0, 0.05) is 0 Å². The van der Waals surface area contributed by atoms with Crippen molar-refractivity contribution in [2.75, 3.05) is 0 Å². The summed E-state index contributed by atoms with van der Waals surface area (Å²) in [6.45, 7) is 0. The van der Waals surface area contributed by atoms with Gasteiger partial charge in [-0.3, -0.25) is 0 Å². The van der Waals surface area contributed by atoms with E-state index in [1.165, 1.54) is 81.8 Å². The van der Waals surface area contributed by atoms with Gasteiger partial charge in [-0.05, 0) is 181 Å². The molecule has 4 nitrogen and oxygen atoms in total. The number of benzene rings is 6. The fourth-order valence-electron chi connectivity index (χ4n) is 16.8. The Morgan fingerprint density at radius 3 is 1.19 bits per heavy atom. The molecule has 8 bridgehead atoms. The highest BCUT2D eigenvalue weighted by molar-refractivity contribution is 6.07. The second-order valence-electron chi connectivity index (χ2n) is 23.5. The van der Waals surface area contributed by atoms with Gasteiger partial charge in [-0.1, -0.05) is 170 Å². The summed E-state index contributed by atoms with van der Waals surface area (Å²) >= 11 is 0. The van der Waals surface area contributed by atoms with Gasteiger partial charge in [0.15, 0.2) is 12.2 Å². The summed E-state index contributed by atoms with van der Waals surface area (Å²) in [4.78, 5) is 11.7. The number of nitrogens with zero attached hydrogens (tertiary/aromatic N) is 2. The zero-order valence-corrected chi connectivity index (χ0v) is 40.0. The Labute approximate surface area is 409 Å². The van der Waals surface area contributed by atoms with Gasteiger partial charge in [-0.2, -0.15) is 0 Å². The third kappa shape index (κ3) is 7.53. The van der Waals surface area contributed by atoms with Gasteiger partial charge in [0.1, 0.15) is 17.5 Å². The smallest absolute Gasteiger partial charge is 0.201 e. The fraction of sp³-hybridized carbons (Fsp3) is 0.415. The first-order valence-electron chi connectivity index (χ1n) is 26.9. The molecular weight excluding hydrogens is 841 g/mol. The molecule has 0 aromatic heterocycles. The van der Waals surface area contributed by atoms with Crippen molar-refractivity contribution in [3.63, 3.8) is 0 Å². The zero-order chi connectivity index (χ0) is 45.5. The van der Waals surface area contributed by atoms with Gasteiger partial charge in [0.2, 0.25) is 11.8 Å². The molecule has 0 unspecified atom stereocenters. The largest absolute Gasteiger partial charge is 0.469 e. The Hall–Kier alpha value is -5.74. The first-order valence-corrected chi connectivity index (χ1v) is 26.9. The lowest BCUT2D eigenvalue weighted by Crippen LogP contribution is -2.48. The van der Waals surface area contributed by atoms with E-state index in [4.69, 9.17) is 19.5 Å². The molecule has 0 amide bonds. The Bertz CT molecular complexity index is 2670. The van der Waals surface area contributed by atoms with Crippen LogP contribution in [0.4, 0.5) is 0 Å². The number of aliphatic imine (C=N–C) groups is 2. The Kier molecular flexibility index (Phi) is 10.4. The van der Waals surface area contributed by atoms with Gasteiger partial charge in [0.25, 0.3) is 0 Å². The van der Waals surface area contributed by atoms with Crippen molar-refractivity contribution in [2.24, 2.45) is 56.8 Å². The monoisotopic (exact) mass is 907 g/mol. The van der Waals surface area contributed by atoms with E-state index in [1.807, 2.05) is 0 Å². The summed E-state index contributed by atoms with van der Waals surface area (Å²) in [6, 6.07) is 62.4. The van der Waals surface area contributed by atoms with Crippen molar-refractivity contribution in [3.8, 4) is 0 Å². The third-order valence-electron chi connectivity index (χ3n) is 19.1. The molecule has 0 N–H and O–H groups in total. The first-order chi connectivity index (χ1) is 34.0. The van der Waals surface area contributed by atoms with Gasteiger partial charge >= 0.3 is 0 Å². The normalized spacial score (nSPS) is 33.7. The summed E-state index contributed by atoms with van der Waals surface area (Å²) in [6.07, 6.45) is 16.3. The second-order valence-corrected chi connectivity index (χ2v) is 23.5. The van der Waals surface area contributed by atoms with Crippen LogP contribution in [0.3, 0.4) is 0 Å². The average Bonchev–Trinajstić information content (AvgIpc) is 4.05. The maximum Gasteiger partial charge on any atom is 0.201 e. The lowest BCUT2D eigenvalue weighted by Gasteiger charge is -2.57. The first kappa shape index (κ1) is 42.2. The summed E-state index contributed by atoms with van der Waals surface area (Å²) in [5.41, 5.74) is 9.65. The van der Waals surface area contributed by atoms with E-state index in [1.54, 1.807) is 11.1 Å². The van der Waals surface area contributed by atoms with Crippen LogP contribution in [0.25, 0.3) is 0 Å². The van der Waals surface area contributed by atoms with E-state index in [0.29, 0.717) is 24.2 Å². The van der Waals surface area contributed by atoms with E-state index in [2.05, 4.69) is 170 Å². The van der Waals surface area contributed by atoms with Crippen LogP contribution in [0.5, 0.6) is 0 Å². The average molecular weight is 907 g/mol. The van der Waals surface area contributed by atoms with Crippen LogP contribution < -0.4 is 0 Å². The molecule has 69 heavy (non-hydrogen) atoms. The van der Waals surface area contributed by atoms with Crippen LogP contribution in [0, 0.1) is 46.8 Å². The van der Waals surface area contributed by atoms with E-state index >= 15 is 0 Å². The number of hydrogen-bond acceptors (Lipinski definition) is 4. The Balaban J connectivity index is 0.918. The van der Waals surface area contributed by atoms with Crippen molar-refractivity contribution in [3.05, 3.63) is 214 Å². The fourth-order valence-corrected chi connectivity index (χ4v) is 16.8. The lowest BCUT2D eigenvalue weighted by molar-refractivity contribution is -0.00520. The summed E-state index contributed by atoms with van der Waals surface area (Å²) < 4.78 is 15.2. The number of rotatable bonds is 12. The van der Waals surface area contributed by atoms with Crippen LogP contribution >= 0.6 is 0 Å². The van der Waals surface area contributed by atoms with Crippen molar-refractivity contribution in [1.29, 1.82) is 0 Å². The van der Waals surface area contributed by atoms with E-state index in [9.17, 15) is 0 Å². The van der Waals surface area contributed by atoms with Crippen molar-refractivity contribution in [1.82, 2.24) is 0 Å². The van der Waals surface area contributed by atoms with E-state index in [0.717, 1.165) is 75.5 Å². The molecule has 6 aromatic carbocycles. The molecule has 0 radical (unpaired) electrons. The molecule has 8 fully saturated rings. The van der Waals surface area contributed by atoms with E-state index in [-0.39, 0.29) is 24.3 Å². The topological polar surface area (TPSA) is 43.2 Å². The maximum atomic E-state index is 7.58. The number of hydrogen-bond donors (Lipinski definition) is 0. The summed E-state index contributed by atoms with van der Waals surface area (Å²) in [5.74, 6) is 8.43. The quantitative estimate of drug-likeness (QED) is 0.123. The molecule has 0 spiro atoms. The molecule has 8 saturated carbocycles. The third-order valence-corrected chi connectivity index (χ3v) is 19.1. The molecule has 0 saturated heterocycles. The molecule has 16 rings (SSSR count). The van der Waals surface area contributed by atoms with Crippen LogP contribution in [-0.2, 0) is 27.7 Å². The van der Waals surface area contributed by atoms with Gasteiger partial charge in [-0.15, -0.1) is 0 Å². The Morgan fingerprint density at radius 2 is 0.768 bits per heavy atom. The summed E-state index contributed by atoms with van der Waals surface area (Å²) in [7, 11) is 0. The second kappa shape index (κ2) is 17.0. The Morgan fingerprint density at radius 1 is 0.391 bits per heavy atom. The van der Waals surface area contributed by atoms with Gasteiger partial charge in [0.05, 0.1) is 0 Å². The SMILES string of the molecule is c1ccc([C@H]2OC(C(Cc3ccc(C4C5CC6CC(C5)CC4C6)cc3)(Cc3ccc(C45CC6CC(CC(C6)C4)C5)cc3)C3=N[C@@H](c4ccccc4)[C@@H](c4ccccc4)O3)=N[C@H]2c2ccccc2)cc1. The lowest BCUT2D eigenvalue weighted by atomic mass is 9.48. The molecule has 348 valence electrons. The van der Waals surface area contributed by atoms with Crippen molar-refractivity contribution < 1.29 is 9.47 Å². The molecule has 8 aliphatic carbocycles. The highest BCUT2D eigenvalue weighted by Crippen LogP contribution is 2.62. The van der Waals surface area contributed by atoms with Crippen LogP contribution in [0.15, 0.2) is 180 Å². The molecule has 2 heterocycles. The van der Waals surface area contributed by atoms with Gasteiger partial charge < -0.3 is 9.47 Å². The summed E-state index contributed by atoms with van der Waals surface area (Å²) in [5, 5.41) is 0. The van der Waals surface area contributed by atoms with Crippen LogP contribution in [-0.4, -0.2) is 11.8 Å². The van der Waals surface area contributed by atoms with E-state index < -0.39 is 5.41 Å². The molecule has 2 aliphatic heterocycles. The maximum absolute atomic E-state index is 7.58. The van der Waals surface area contributed by atoms with Crippen LogP contribution in [0.2, 0.25) is 0 Å². The zero-order valence-electron chi connectivity index (χ0n) is 40.0.